The van der Waals surface area contributed by atoms with Crippen molar-refractivity contribution in [3.8, 4) is 0 Å². The monoisotopic (exact) mass is 271 g/mol. The molecule has 4 nitrogen and oxygen atoms in total. The van der Waals surface area contributed by atoms with Gasteiger partial charge in [-0.3, -0.25) is 9.59 Å². The molecule has 0 spiro atoms. The van der Waals surface area contributed by atoms with Crippen molar-refractivity contribution >= 4 is 11.9 Å². The van der Waals surface area contributed by atoms with Gasteiger partial charge in [0.1, 0.15) is 6.54 Å². The first-order chi connectivity index (χ1) is 8.93. The summed E-state index contributed by atoms with van der Waals surface area (Å²) < 4.78 is 25.7. The van der Waals surface area contributed by atoms with Gasteiger partial charge in [0.05, 0.1) is 6.42 Å². The summed E-state index contributed by atoms with van der Waals surface area (Å²) in [6, 6.07) is 3.19. The predicted molar refractivity (Wildman–Crippen MR) is 64.6 cm³/mol. The first-order valence-corrected chi connectivity index (χ1v) is 5.87. The first-order valence-electron chi connectivity index (χ1n) is 5.87. The third-order valence-corrected chi connectivity index (χ3v) is 2.51. The number of carboxylic acids is 1. The average molecular weight is 271 g/mol. The van der Waals surface area contributed by atoms with E-state index in [1.807, 2.05) is 6.92 Å². The molecular weight excluding hydrogens is 256 g/mol. The number of nitrogens with zero attached hydrogens (tertiary/aromatic N) is 1. The molecule has 0 saturated heterocycles. The highest BCUT2D eigenvalue weighted by molar-refractivity contribution is 5.83. The third-order valence-electron chi connectivity index (χ3n) is 2.51. The van der Waals surface area contributed by atoms with Gasteiger partial charge in [-0.05, 0) is 24.1 Å². The van der Waals surface area contributed by atoms with Crippen LogP contribution in [-0.2, 0) is 16.0 Å². The van der Waals surface area contributed by atoms with Crippen molar-refractivity contribution in [2.75, 3.05) is 13.1 Å². The molecule has 1 amide bonds. The number of halogens is 2. The van der Waals surface area contributed by atoms with Crippen LogP contribution in [0.15, 0.2) is 18.2 Å². The van der Waals surface area contributed by atoms with Gasteiger partial charge in [-0.25, -0.2) is 8.78 Å². The van der Waals surface area contributed by atoms with E-state index in [0.717, 1.165) is 12.1 Å². The van der Waals surface area contributed by atoms with Crippen LogP contribution in [0.5, 0.6) is 0 Å². The van der Waals surface area contributed by atoms with E-state index < -0.39 is 30.1 Å². The summed E-state index contributed by atoms with van der Waals surface area (Å²) >= 11 is 0. The third kappa shape index (κ3) is 4.65. The molecule has 104 valence electrons. The highest BCUT2D eigenvalue weighted by Crippen LogP contribution is 2.10. The van der Waals surface area contributed by atoms with Gasteiger partial charge in [0.2, 0.25) is 5.91 Å². The van der Waals surface area contributed by atoms with E-state index >= 15 is 0 Å². The van der Waals surface area contributed by atoms with Crippen LogP contribution in [0.25, 0.3) is 0 Å². The zero-order valence-corrected chi connectivity index (χ0v) is 10.5. The van der Waals surface area contributed by atoms with E-state index in [-0.39, 0.29) is 6.42 Å². The molecule has 0 radical (unpaired) electrons. The lowest BCUT2D eigenvalue weighted by Crippen LogP contribution is -2.37. The Bertz CT molecular complexity index is 477. The van der Waals surface area contributed by atoms with E-state index in [2.05, 4.69) is 0 Å². The molecule has 6 heteroatoms. The fraction of sp³-hybridized carbons (Fsp3) is 0.385. The predicted octanol–water partition coefficient (Wildman–Crippen LogP) is 1.83. The molecule has 0 heterocycles. The standard InChI is InChI=1S/C13H15F2NO3/c1-2-5-16(8-13(18)19)12(17)7-9-3-4-10(14)11(15)6-9/h3-4,6H,2,5,7-8H2,1H3,(H,18,19). The van der Waals surface area contributed by atoms with Crippen LogP contribution in [0.1, 0.15) is 18.9 Å². The van der Waals surface area contributed by atoms with Gasteiger partial charge in [0.25, 0.3) is 0 Å². The van der Waals surface area contributed by atoms with Crippen molar-refractivity contribution in [3.05, 3.63) is 35.4 Å². The Morgan fingerprint density at radius 1 is 1.26 bits per heavy atom. The second-order valence-electron chi connectivity index (χ2n) is 4.13. The Hall–Kier alpha value is -1.98. The largest absolute Gasteiger partial charge is 0.480 e. The highest BCUT2D eigenvalue weighted by atomic mass is 19.2. The summed E-state index contributed by atoms with van der Waals surface area (Å²) in [6.45, 7) is 1.74. The lowest BCUT2D eigenvalue weighted by atomic mass is 10.1. The van der Waals surface area contributed by atoms with Gasteiger partial charge in [0.15, 0.2) is 11.6 Å². The van der Waals surface area contributed by atoms with Gasteiger partial charge < -0.3 is 10.0 Å². The summed E-state index contributed by atoms with van der Waals surface area (Å²) in [5.74, 6) is -3.53. The maximum absolute atomic E-state index is 13.0. The second-order valence-corrected chi connectivity index (χ2v) is 4.13. The zero-order valence-electron chi connectivity index (χ0n) is 10.5. The number of carboxylic acid groups (broad SMARTS) is 1. The Morgan fingerprint density at radius 3 is 2.47 bits per heavy atom. The summed E-state index contributed by atoms with van der Waals surface area (Å²) in [5.41, 5.74) is 0.315. The topological polar surface area (TPSA) is 57.6 Å². The smallest absolute Gasteiger partial charge is 0.323 e. The number of hydrogen-bond acceptors (Lipinski definition) is 2. The number of rotatable bonds is 6. The fourth-order valence-corrected chi connectivity index (χ4v) is 1.66. The number of hydrogen-bond donors (Lipinski definition) is 1. The minimum absolute atomic E-state index is 0.148. The zero-order chi connectivity index (χ0) is 14.4. The molecule has 1 N–H and O–H groups in total. The minimum Gasteiger partial charge on any atom is -0.480 e. The fourth-order valence-electron chi connectivity index (χ4n) is 1.66. The quantitative estimate of drug-likeness (QED) is 0.858. The van der Waals surface area contributed by atoms with Crippen LogP contribution in [0, 0.1) is 11.6 Å². The molecule has 0 fully saturated rings. The van der Waals surface area contributed by atoms with Gasteiger partial charge in [-0.1, -0.05) is 13.0 Å². The Balaban J connectivity index is 2.74. The molecular formula is C13H15F2NO3. The Kier molecular flexibility index (Phi) is 5.41. The van der Waals surface area contributed by atoms with Gasteiger partial charge in [-0.2, -0.15) is 0 Å². The lowest BCUT2D eigenvalue weighted by Gasteiger charge is -2.19. The SMILES string of the molecule is CCCN(CC(=O)O)C(=O)Cc1ccc(F)c(F)c1. The Morgan fingerprint density at radius 2 is 1.95 bits per heavy atom. The molecule has 0 unspecified atom stereocenters. The molecule has 1 rings (SSSR count). The Labute approximate surface area is 109 Å². The van der Waals surface area contributed by atoms with Crippen molar-refractivity contribution in [1.29, 1.82) is 0 Å². The van der Waals surface area contributed by atoms with Crippen molar-refractivity contribution < 1.29 is 23.5 Å². The molecule has 0 saturated carbocycles. The molecule has 1 aromatic rings. The van der Waals surface area contributed by atoms with E-state index in [1.54, 1.807) is 0 Å². The average Bonchev–Trinajstić information content (AvgIpc) is 2.33. The number of aliphatic carboxylic acids is 1. The molecule has 0 aliphatic heterocycles. The van der Waals surface area contributed by atoms with E-state index in [9.17, 15) is 18.4 Å². The molecule has 1 aromatic carbocycles. The minimum atomic E-state index is -1.10. The number of carbonyl (C=O) groups is 2. The van der Waals surface area contributed by atoms with Crippen molar-refractivity contribution in [2.45, 2.75) is 19.8 Å². The van der Waals surface area contributed by atoms with E-state index in [4.69, 9.17) is 5.11 Å². The number of carbonyl (C=O) groups excluding carboxylic acids is 1. The summed E-state index contributed by atoms with van der Waals surface area (Å²) in [7, 11) is 0. The molecule has 19 heavy (non-hydrogen) atoms. The summed E-state index contributed by atoms with van der Waals surface area (Å²) in [5, 5.41) is 8.70. The maximum atomic E-state index is 13.0. The second kappa shape index (κ2) is 6.82. The van der Waals surface area contributed by atoms with Crippen molar-refractivity contribution in [1.82, 2.24) is 4.90 Å². The van der Waals surface area contributed by atoms with Gasteiger partial charge in [0, 0.05) is 6.54 Å². The molecule has 0 aliphatic rings. The van der Waals surface area contributed by atoms with Crippen molar-refractivity contribution in [3.63, 3.8) is 0 Å². The molecule has 0 bridgehead atoms. The van der Waals surface area contributed by atoms with E-state index in [1.165, 1.54) is 11.0 Å². The van der Waals surface area contributed by atoms with Crippen LogP contribution < -0.4 is 0 Å². The summed E-state index contributed by atoms with van der Waals surface area (Å²) in [4.78, 5) is 23.7. The van der Waals surface area contributed by atoms with Gasteiger partial charge in [-0.15, -0.1) is 0 Å². The number of benzene rings is 1. The normalized spacial score (nSPS) is 10.3. The van der Waals surface area contributed by atoms with Gasteiger partial charge >= 0.3 is 5.97 Å². The van der Waals surface area contributed by atoms with Crippen LogP contribution in [0.2, 0.25) is 0 Å². The first kappa shape index (κ1) is 15.1. The van der Waals surface area contributed by atoms with Crippen LogP contribution >= 0.6 is 0 Å². The maximum Gasteiger partial charge on any atom is 0.323 e. The van der Waals surface area contributed by atoms with Crippen LogP contribution in [0.3, 0.4) is 0 Å². The molecule has 0 aromatic heterocycles. The molecule has 0 atom stereocenters. The van der Waals surface area contributed by atoms with Crippen molar-refractivity contribution in [2.24, 2.45) is 0 Å². The lowest BCUT2D eigenvalue weighted by molar-refractivity contribution is -0.144. The van der Waals surface area contributed by atoms with Crippen LogP contribution in [-0.4, -0.2) is 35.0 Å². The molecule has 0 aliphatic carbocycles. The van der Waals surface area contributed by atoms with Crippen LogP contribution in [0.4, 0.5) is 8.78 Å². The highest BCUT2D eigenvalue weighted by Gasteiger charge is 2.16. The summed E-state index contributed by atoms with van der Waals surface area (Å²) in [6.07, 6.45) is 0.473. The number of amides is 1. The van der Waals surface area contributed by atoms with E-state index in [0.29, 0.717) is 18.5 Å².